The van der Waals surface area contributed by atoms with Crippen molar-refractivity contribution < 1.29 is 14.3 Å². The third kappa shape index (κ3) is 5.23. The van der Waals surface area contributed by atoms with Crippen LogP contribution in [0.1, 0.15) is 36.5 Å². The first-order valence-corrected chi connectivity index (χ1v) is 7.45. The Kier molecular flexibility index (Phi) is 5.80. The fourth-order valence-corrected chi connectivity index (χ4v) is 1.90. The second-order valence-corrected chi connectivity index (χ2v) is 5.18. The maximum Gasteiger partial charge on any atom is 0.341 e. The van der Waals surface area contributed by atoms with E-state index >= 15 is 0 Å². The third-order valence-electron chi connectivity index (χ3n) is 3.21. The molecular formula is C15H23N3O3. The summed E-state index contributed by atoms with van der Waals surface area (Å²) in [7, 11) is 0. The Hall–Kier alpha value is -1.82. The zero-order chi connectivity index (χ0) is 15.1. The van der Waals surface area contributed by atoms with E-state index in [1.54, 1.807) is 13.0 Å². The molecule has 1 fully saturated rings. The van der Waals surface area contributed by atoms with Gasteiger partial charge < -0.3 is 20.5 Å². The lowest BCUT2D eigenvalue weighted by molar-refractivity contribution is 0.0527. The second kappa shape index (κ2) is 7.83. The van der Waals surface area contributed by atoms with E-state index in [0.29, 0.717) is 36.8 Å². The highest BCUT2D eigenvalue weighted by atomic mass is 16.5. The Morgan fingerprint density at radius 1 is 1.52 bits per heavy atom. The molecule has 0 amide bonds. The molecule has 0 saturated heterocycles. The molecule has 0 unspecified atom stereocenters. The number of pyridine rings is 1. The molecule has 116 valence electrons. The number of ether oxygens (including phenoxy) is 2. The zero-order valence-electron chi connectivity index (χ0n) is 12.4. The standard InChI is InChI=1S/C15H23N3O3/c1-2-21-15(19)13-8-12(16)9-18-14(13)17-6-3-7-20-10-11-4-5-11/h8-9,11H,2-7,10,16H2,1H3,(H,17,18). The molecule has 6 nitrogen and oxygen atoms in total. The number of esters is 1. The van der Waals surface area contributed by atoms with Crippen LogP contribution >= 0.6 is 0 Å². The molecule has 21 heavy (non-hydrogen) atoms. The molecule has 1 aliphatic carbocycles. The van der Waals surface area contributed by atoms with Gasteiger partial charge in [0.15, 0.2) is 0 Å². The Morgan fingerprint density at radius 3 is 3.05 bits per heavy atom. The molecule has 0 bridgehead atoms. The van der Waals surface area contributed by atoms with E-state index in [-0.39, 0.29) is 0 Å². The summed E-state index contributed by atoms with van der Waals surface area (Å²) in [5.74, 6) is 0.877. The van der Waals surface area contributed by atoms with E-state index in [0.717, 1.165) is 18.9 Å². The van der Waals surface area contributed by atoms with Crippen molar-refractivity contribution in [3.05, 3.63) is 17.8 Å². The summed E-state index contributed by atoms with van der Waals surface area (Å²) in [4.78, 5) is 16.0. The first-order chi connectivity index (χ1) is 10.2. The van der Waals surface area contributed by atoms with E-state index in [2.05, 4.69) is 10.3 Å². The summed E-state index contributed by atoms with van der Waals surface area (Å²) >= 11 is 0. The lowest BCUT2D eigenvalue weighted by atomic mass is 10.2. The number of anilines is 2. The molecule has 1 aliphatic rings. The number of aromatic nitrogens is 1. The minimum atomic E-state index is -0.412. The van der Waals surface area contributed by atoms with E-state index in [1.807, 2.05) is 0 Å². The summed E-state index contributed by atoms with van der Waals surface area (Å²) in [6, 6.07) is 1.58. The van der Waals surface area contributed by atoms with E-state index in [1.165, 1.54) is 19.0 Å². The zero-order valence-corrected chi connectivity index (χ0v) is 12.4. The van der Waals surface area contributed by atoms with E-state index < -0.39 is 5.97 Å². The number of carbonyl (C=O) groups excluding carboxylic acids is 1. The van der Waals surface area contributed by atoms with Gasteiger partial charge in [0.05, 0.1) is 18.5 Å². The number of nitrogens with one attached hydrogen (secondary N) is 1. The quantitative estimate of drug-likeness (QED) is 0.535. The number of nitrogens with zero attached hydrogens (tertiary/aromatic N) is 1. The highest BCUT2D eigenvalue weighted by molar-refractivity contribution is 5.95. The van der Waals surface area contributed by atoms with Gasteiger partial charge in [-0.3, -0.25) is 0 Å². The molecule has 3 N–H and O–H groups in total. The van der Waals surface area contributed by atoms with Crippen molar-refractivity contribution in [2.24, 2.45) is 5.92 Å². The maximum atomic E-state index is 11.9. The van der Waals surface area contributed by atoms with E-state index in [4.69, 9.17) is 15.2 Å². The number of hydrogen-bond donors (Lipinski definition) is 2. The number of rotatable bonds is 9. The summed E-state index contributed by atoms with van der Waals surface area (Å²) in [6.45, 7) is 4.36. The van der Waals surface area contributed by atoms with Crippen LogP contribution in [0.25, 0.3) is 0 Å². The largest absolute Gasteiger partial charge is 0.462 e. The summed E-state index contributed by atoms with van der Waals surface area (Å²) in [5.41, 5.74) is 6.48. The van der Waals surface area contributed by atoms with Gasteiger partial charge in [0.25, 0.3) is 0 Å². The van der Waals surface area contributed by atoms with Gasteiger partial charge in [-0.1, -0.05) is 0 Å². The van der Waals surface area contributed by atoms with Gasteiger partial charge in [-0.25, -0.2) is 9.78 Å². The number of carbonyl (C=O) groups is 1. The molecule has 1 saturated carbocycles. The van der Waals surface area contributed by atoms with Crippen LogP contribution < -0.4 is 11.1 Å². The average Bonchev–Trinajstić information content (AvgIpc) is 3.28. The fraction of sp³-hybridized carbons (Fsp3) is 0.600. The van der Waals surface area contributed by atoms with Crippen LogP contribution in [-0.4, -0.2) is 37.3 Å². The van der Waals surface area contributed by atoms with Crippen molar-refractivity contribution in [2.45, 2.75) is 26.2 Å². The molecule has 0 atom stereocenters. The molecule has 0 aliphatic heterocycles. The van der Waals surface area contributed by atoms with Crippen LogP contribution in [0, 0.1) is 5.92 Å². The van der Waals surface area contributed by atoms with Crippen molar-refractivity contribution in [1.82, 2.24) is 4.98 Å². The van der Waals surface area contributed by atoms with Gasteiger partial charge in [-0.05, 0) is 38.2 Å². The first kappa shape index (κ1) is 15.6. The molecule has 2 rings (SSSR count). The van der Waals surface area contributed by atoms with Gasteiger partial charge in [-0.15, -0.1) is 0 Å². The van der Waals surface area contributed by atoms with Crippen molar-refractivity contribution in [1.29, 1.82) is 0 Å². The summed E-state index contributed by atoms with van der Waals surface area (Å²) in [5, 5.41) is 3.14. The molecule has 0 spiro atoms. The average molecular weight is 293 g/mol. The fourth-order valence-electron chi connectivity index (χ4n) is 1.90. The minimum absolute atomic E-state index is 0.322. The molecule has 1 aromatic heterocycles. The van der Waals surface area contributed by atoms with Crippen LogP contribution in [0.4, 0.5) is 11.5 Å². The van der Waals surface area contributed by atoms with Gasteiger partial charge in [0.1, 0.15) is 11.4 Å². The Balaban J connectivity index is 1.78. The number of nitrogens with two attached hydrogens (primary N) is 1. The molecule has 1 heterocycles. The predicted molar refractivity (Wildman–Crippen MR) is 81.3 cm³/mol. The van der Waals surface area contributed by atoms with Crippen LogP contribution in [0.5, 0.6) is 0 Å². The van der Waals surface area contributed by atoms with Gasteiger partial charge in [0.2, 0.25) is 0 Å². The summed E-state index contributed by atoms with van der Waals surface area (Å²) in [6.07, 6.45) is 4.99. The Morgan fingerprint density at radius 2 is 2.33 bits per heavy atom. The van der Waals surface area contributed by atoms with Crippen LogP contribution in [0.3, 0.4) is 0 Å². The minimum Gasteiger partial charge on any atom is -0.462 e. The smallest absolute Gasteiger partial charge is 0.341 e. The molecule has 0 aromatic carbocycles. The first-order valence-electron chi connectivity index (χ1n) is 7.45. The summed E-state index contributed by atoms with van der Waals surface area (Å²) < 4.78 is 10.6. The highest BCUT2D eigenvalue weighted by Gasteiger charge is 2.20. The van der Waals surface area contributed by atoms with Crippen LogP contribution in [0.15, 0.2) is 12.3 Å². The molecule has 0 radical (unpaired) electrons. The normalized spacial score (nSPS) is 14.0. The van der Waals surface area contributed by atoms with Crippen molar-refractivity contribution in [2.75, 3.05) is 37.4 Å². The number of hydrogen-bond acceptors (Lipinski definition) is 6. The SMILES string of the molecule is CCOC(=O)c1cc(N)cnc1NCCCOCC1CC1. The molecule has 1 aromatic rings. The highest BCUT2D eigenvalue weighted by Crippen LogP contribution is 2.28. The van der Waals surface area contributed by atoms with Gasteiger partial charge in [0, 0.05) is 19.8 Å². The monoisotopic (exact) mass is 293 g/mol. The topological polar surface area (TPSA) is 86.5 Å². The Bertz CT molecular complexity index is 475. The molecular weight excluding hydrogens is 270 g/mol. The van der Waals surface area contributed by atoms with Crippen LogP contribution in [0.2, 0.25) is 0 Å². The lowest BCUT2D eigenvalue weighted by Crippen LogP contribution is -2.14. The van der Waals surface area contributed by atoms with Crippen molar-refractivity contribution in [3.8, 4) is 0 Å². The van der Waals surface area contributed by atoms with Crippen LogP contribution in [-0.2, 0) is 9.47 Å². The van der Waals surface area contributed by atoms with Crippen molar-refractivity contribution in [3.63, 3.8) is 0 Å². The lowest BCUT2D eigenvalue weighted by Gasteiger charge is -2.11. The maximum absolute atomic E-state index is 11.9. The third-order valence-corrected chi connectivity index (χ3v) is 3.21. The van der Waals surface area contributed by atoms with E-state index in [9.17, 15) is 4.79 Å². The Labute approximate surface area is 125 Å². The molecule has 6 heteroatoms. The van der Waals surface area contributed by atoms with Gasteiger partial charge >= 0.3 is 5.97 Å². The van der Waals surface area contributed by atoms with Crippen molar-refractivity contribution >= 4 is 17.5 Å². The predicted octanol–water partition coefficient (Wildman–Crippen LogP) is 2.07. The number of nitrogen functional groups attached to an aromatic ring is 1. The van der Waals surface area contributed by atoms with Gasteiger partial charge in [-0.2, -0.15) is 0 Å². The second-order valence-electron chi connectivity index (χ2n) is 5.18.